The van der Waals surface area contributed by atoms with Crippen molar-refractivity contribution >= 4 is 35.3 Å². The highest BCUT2D eigenvalue weighted by atomic mass is 16.6. The molecule has 0 amide bonds. The van der Waals surface area contributed by atoms with Gasteiger partial charge in [-0.05, 0) is 31.9 Å². The normalized spacial score (nSPS) is 27.8. The van der Waals surface area contributed by atoms with Gasteiger partial charge in [-0.3, -0.25) is 28.8 Å². The molecule has 14 heteroatoms. The van der Waals surface area contributed by atoms with Gasteiger partial charge in [-0.15, -0.1) is 0 Å². The Morgan fingerprint density at radius 2 is 1.49 bits per heavy atom. The molecule has 0 unspecified atom stereocenters. The number of methoxy groups -OCH3 is 1. The van der Waals surface area contributed by atoms with Crippen molar-refractivity contribution in [1.82, 2.24) is 0 Å². The predicted octanol–water partition coefficient (Wildman–Crippen LogP) is 3.20. The predicted molar refractivity (Wildman–Crippen MR) is 162 cm³/mol. The van der Waals surface area contributed by atoms with Crippen molar-refractivity contribution < 1.29 is 68.1 Å². The fraction of sp³-hybridized carbons (Fsp3) is 0.429. The summed E-state index contributed by atoms with van der Waals surface area (Å²) >= 11 is 0. The first-order valence-corrected chi connectivity index (χ1v) is 15.8. The topological polar surface area (TPSA) is 220 Å². The van der Waals surface area contributed by atoms with E-state index in [0.29, 0.717) is 5.56 Å². The molecule has 6 atom stereocenters. The fourth-order valence-electron chi connectivity index (χ4n) is 8.55. The number of carbonyl (C=O) groups is 6. The molecule has 2 aromatic rings. The number of allylic oxidation sites excluding steroid dienone is 1. The number of hydrogen-bond acceptors (Lipinski definition) is 13. The van der Waals surface area contributed by atoms with Crippen LogP contribution in [0.2, 0.25) is 0 Å². The number of esters is 2. The van der Waals surface area contributed by atoms with Crippen molar-refractivity contribution in [3.63, 3.8) is 0 Å². The molecule has 14 nitrogen and oxygen atoms in total. The van der Waals surface area contributed by atoms with Gasteiger partial charge in [0, 0.05) is 47.6 Å². The van der Waals surface area contributed by atoms with Gasteiger partial charge < -0.3 is 39.4 Å². The highest BCUT2D eigenvalue weighted by Gasteiger charge is 2.64. The van der Waals surface area contributed by atoms with E-state index in [1.54, 1.807) is 6.92 Å². The van der Waals surface area contributed by atoms with Crippen LogP contribution in [0.4, 0.5) is 0 Å². The number of ether oxygens (including phenoxy) is 4. The van der Waals surface area contributed by atoms with Gasteiger partial charge in [0.25, 0.3) is 0 Å². The average Bonchev–Trinajstić information content (AvgIpc) is 3.32. The van der Waals surface area contributed by atoms with E-state index in [-0.39, 0.29) is 64.6 Å². The van der Waals surface area contributed by atoms with Gasteiger partial charge in [-0.25, -0.2) is 0 Å². The van der Waals surface area contributed by atoms with Crippen molar-refractivity contribution in [2.45, 2.75) is 82.9 Å². The number of aromatic hydroxyl groups is 3. The Hall–Kier alpha value is -5.08. The highest BCUT2D eigenvalue weighted by Crippen LogP contribution is 2.62. The second-order valence-corrected chi connectivity index (χ2v) is 13.1. The van der Waals surface area contributed by atoms with Crippen molar-refractivity contribution in [1.29, 1.82) is 0 Å². The lowest BCUT2D eigenvalue weighted by Gasteiger charge is -2.39. The summed E-state index contributed by atoms with van der Waals surface area (Å²) < 4.78 is 22.4. The van der Waals surface area contributed by atoms with Gasteiger partial charge in [0.2, 0.25) is 0 Å². The van der Waals surface area contributed by atoms with Crippen LogP contribution in [-0.2, 0) is 51.8 Å². The average molecular weight is 677 g/mol. The number of fused-ring (bicyclic) bond motifs is 9. The quantitative estimate of drug-likeness (QED) is 0.264. The van der Waals surface area contributed by atoms with E-state index in [2.05, 4.69) is 0 Å². The third-order valence-electron chi connectivity index (χ3n) is 10.3. The van der Waals surface area contributed by atoms with Crippen LogP contribution in [0.3, 0.4) is 0 Å². The molecule has 256 valence electrons. The number of benzene rings is 2. The van der Waals surface area contributed by atoms with Crippen molar-refractivity contribution in [2.75, 3.05) is 7.11 Å². The molecule has 2 bridgehead atoms. The molecule has 7 rings (SSSR count). The first-order valence-electron chi connectivity index (χ1n) is 15.8. The van der Waals surface area contributed by atoms with Crippen LogP contribution in [-0.4, -0.2) is 75.0 Å². The van der Waals surface area contributed by atoms with Gasteiger partial charge >= 0.3 is 17.9 Å². The Kier molecular flexibility index (Phi) is 7.27. The third-order valence-corrected chi connectivity index (χ3v) is 10.3. The molecule has 0 saturated carbocycles. The number of hydrogen-bond donors (Lipinski definition) is 4. The monoisotopic (exact) mass is 676 g/mol. The van der Waals surface area contributed by atoms with E-state index in [4.69, 9.17) is 18.9 Å². The van der Waals surface area contributed by atoms with Crippen molar-refractivity contribution in [2.24, 2.45) is 5.92 Å². The summed E-state index contributed by atoms with van der Waals surface area (Å²) in [6, 6.07) is 1.52. The molecule has 2 aromatic carbocycles. The van der Waals surface area contributed by atoms with Crippen LogP contribution >= 0.6 is 0 Å². The molecule has 49 heavy (non-hydrogen) atoms. The summed E-state index contributed by atoms with van der Waals surface area (Å²) in [6.07, 6.45) is -4.36. The lowest BCUT2D eigenvalue weighted by Crippen LogP contribution is -2.41. The maximum atomic E-state index is 14.7. The molecule has 2 aliphatic heterocycles. The number of carboxylic acids is 1. The van der Waals surface area contributed by atoms with Crippen LogP contribution < -0.4 is 0 Å². The number of aliphatic carboxylic acids is 1. The first-order chi connectivity index (χ1) is 23.1. The van der Waals surface area contributed by atoms with Crippen molar-refractivity contribution in [3.05, 3.63) is 61.7 Å². The zero-order valence-corrected chi connectivity index (χ0v) is 26.9. The smallest absolute Gasteiger partial charge is 0.308 e. The number of ketones is 3. The minimum absolute atomic E-state index is 0.00851. The Balaban J connectivity index is 1.44. The standard InChI is InChI=1S/C35H32O14/c1-11-22-14(5-15(47-11)9-21(39)46-4)6-19-25(31(22)42)30(41)18-10-35(19,49-13(3)36)28-24(18)33(44)27-26(34(28)45)29(40)17-7-16(8-20(37)38)48-12(2)23(17)32(27)43/h6,11-12,15-16,18,40,42-43H,5,7-10H2,1-4H3,(H,37,38)/t11-,12-,15+,16+,18-,35-/m0/s1. The number of phenols is 3. The number of carboxylic acid groups (broad SMARTS) is 1. The summed E-state index contributed by atoms with van der Waals surface area (Å²) in [4.78, 5) is 79.7. The molecule has 0 fully saturated rings. The molecule has 0 saturated heterocycles. The van der Waals surface area contributed by atoms with E-state index >= 15 is 0 Å². The molecule has 5 aliphatic rings. The largest absolute Gasteiger partial charge is 0.507 e. The zero-order valence-electron chi connectivity index (χ0n) is 26.9. The molecule has 0 radical (unpaired) electrons. The highest BCUT2D eigenvalue weighted by molar-refractivity contribution is 6.33. The maximum absolute atomic E-state index is 14.7. The van der Waals surface area contributed by atoms with Crippen LogP contribution in [0.25, 0.3) is 0 Å². The van der Waals surface area contributed by atoms with Gasteiger partial charge in [0.15, 0.2) is 23.0 Å². The maximum Gasteiger partial charge on any atom is 0.308 e. The van der Waals surface area contributed by atoms with Gasteiger partial charge in [-0.2, -0.15) is 0 Å². The van der Waals surface area contributed by atoms with Crippen molar-refractivity contribution in [3.8, 4) is 17.2 Å². The Morgan fingerprint density at radius 1 is 0.878 bits per heavy atom. The molecule has 0 aromatic heterocycles. The molecule has 3 aliphatic carbocycles. The summed E-state index contributed by atoms with van der Waals surface area (Å²) in [5, 5.41) is 44.1. The first kappa shape index (κ1) is 32.5. The molecule has 2 heterocycles. The molecule has 0 spiro atoms. The van der Waals surface area contributed by atoms with E-state index in [0.717, 1.165) is 6.92 Å². The minimum Gasteiger partial charge on any atom is -0.507 e. The van der Waals surface area contributed by atoms with E-state index in [1.807, 2.05) is 0 Å². The number of rotatable bonds is 5. The Morgan fingerprint density at radius 3 is 2.12 bits per heavy atom. The number of phenolic OH excluding ortho intramolecular Hbond substituents is 3. The SMILES string of the molecule is COC(=O)C[C@H]1Cc2cc3c(c(O)c2[C@H](C)O1)C(=O)[C@H]1C[C@@]3(OC(C)=O)C2=C1C(=O)c1c(O)c3c(c(O)c1C2=O)C[C@H](CC(=O)O)O[C@H]3C. The molecule has 4 N–H and O–H groups in total. The number of Topliss-reactive ketones (excluding diaryl/α,β-unsaturated/α-hetero) is 3. The lowest BCUT2D eigenvalue weighted by atomic mass is 9.72. The molecular formula is C35H32O14. The zero-order chi connectivity index (χ0) is 35.4. The number of carbonyl (C=O) groups excluding carboxylic acids is 5. The van der Waals surface area contributed by atoms with E-state index < -0.39 is 106 Å². The summed E-state index contributed by atoms with van der Waals surface area (Å²) in [7, 11) is 1.23. The Labute approximate surface area is 278 Å². The van der Waals surface area contributed by atoms with Crippen LogP contribution in [0.1, 0.15) is 111 Å². The van der Waals surface area contributed by atoms with Crippen LogP contribution in [0.5, 0.6) is 17.2 Å². The summed E-state index contributed by atoms with van der Waals surface area (Å²) in [5.41, 5.74) is -3.41. The lowest BCUT2D eigenvalue weighted by molar-refractivity contribution is -0.155. The third kappa shape index (κ3) is 4.46. The molecular weight excluding hydrogens is 644 g/mol. The Bertz CT molecular complexity index is 1990. The van der Waals surface area contributed by atoms with E-state index in [9.17, 15) is 49.2 Å². The second kappa shape index (κ2) is 11.0. The summed E-state index contributed by atoms with van der Waals surface area (Å²) in [6.45, 7) is 4.22. The van der Waals surface area contributed by atoms with Gasteiger partial charge in [0.1, 0.15) is 17.2 Å². The van der Waals surface area contributed by atoms with Gasteiger partial charge in [0.05, 0.1) is 72.5 Å². The fourth-order valence-corrected chi connectivity index (χ4v) is 8.55. The minimum atomic E-state index is -2.05. The van der Waals surface area contributed by atoms with E-state index in [1.165, 1.54) is 20.1 Å². The summed E-state index contributed by atoms with van der Waals surface area (Å²) in [5.74, 6) is -8.36. The second-order valence-electron chi connectivity index (χ2n) is 13.1. The van der Waals surface area contributed by atoms with Crippen LogP contribution in [0, 0.1) is 5.92 Å². The van der Waals surface area contributed by atoms with Crippen LogP contribution in [0.15, 0.2) is 17.2 Å². The van der Waals surface area contributed by atoms with Gasteiger partial charge in [-0.1, -0.05) is 0 Å².